The number of rotatable bonds is 23. The van der Waals surface area contributed by atoms with Gasteiger partial charge in [-0.25, -0.2) is 8.78 Å². The first-order chi connectivity index (χ1) is 18.5. The van der Waals surface area contributed by atoms with Gasteiger partial charge in [0.1, 0.15) is 11.6 Å². The molecule has 0 fully saturated rings. The van der Waals surface area contributed by atoms with Crippen molar-refractivity contribution in [3.8, 4) is 9.75 Å². The SMILES string of the molecule is CCCCCCCCCCCCc1c(-c2sc(C)c(F)c2CCCCCCCCCCCC)sc(C)c1F. The minimum absolute atomic E-state index is 0.0442. The molecule has 38 heavy (non-hydrogen) atoms. The fourth-order valence-electron chi connectivity index (χ4n) is 5.54. The zero-order valence-electron chi connectivity index (χ0n) is 25.1. The van der Waals surface area contributed by atoms with Gasteiger partial charge in [-0.2, -0.15) is 0 Å². The molecule has 0 atom stereocenters. The molecule has 2 heterocycles. The van der Waals surface area contributed by atoms with Gasteiger partial charge in [-0.05, 0) is 39.5 Å². The molecule has 0 radical (unpaired) electrons. The minimum Gasteiger partial charge on any atom is -0.205 e. The Hall–Kier alpha value is -0.740. The van der Waals surface area contributed by atoms with Crippen molar-refractivity contribution in [3.05, 3.63) is 32.5 Å². The van der Waals surface area contributed by atoms with Crippen molar-refractivity contribution in [1.82, 2.24) is 0 Å². The van der Waals surface area contributed by atoms with Gasteiger partial charge in [0.15, 0.2) is 0 Å². The summed E-state index contributed by atoms with van der Waals surface area (Å²) in [5.41, 5.74) is 1.69. The molecule has 0 aliphatic heterocycles. The van der Waals surface area contributed by atoms with E-state index in [1.54, 1.807) is 0 Å². The molecule has 0 unspecified atom stereocenters. The van der Waals surface area contributed by atoms with Crippen LogP contribution in [0.4, 0.5) is 8.78 Å². The van der Waals surface area contributed by atoms with E-state index in [1.165, 1.54) is 125 Å². The Morgan fingerprint density at radius 2 is 0.684 bits per heavy atom. The molecule has 0 aliphatic rings. The Bertz CT molecular complexity index is 807. The van der Waals surface area contributed by atoms with Gasteiger partial charge in [0, 0.05) is 20.9 Å². The van der Waals surface area contributed by atoms with E-state index in [0.29, 0.717) is 0 Å². The van der Waals surface area contributed by atoms with Crippen molar-refractivity contribution < 1.29 is 8.78 Å². The molecule has 4 heteroatoms. The van der Waals surface area contributed by atoms with Crippen molar-refractivity contribution >= 4 is 22.7 Å². The second-order valence-electron chi connectivity index (χ2n) is 11.4. The first kappa shape index (κ1) is 33.5. The number of halogens is 2. The van der Waals surface area contributed by atoms with Crippen LogP contribution in [0.2, 0.25) is 0 Å². The van der Waals surface area contributed by atoms with E-state index >= 15 is 8.78 Å². The lowest BCUT2D eigenvalue weighted by Gasteiger charge is -2.07. The summed E-state index contributed by atoms with van der Waals surface area (Å²) >= 11 is 3.08. The van der Waals surface area contributed by atoms with Crippen LogP contribution in [0.25, 0.3) is 9.75 Å². The van der Waals surface area contributed by atoms with Crippen LogP contribution in [0, 0.1) is 25.5 Å². The number of unbranched alkanes of at least 4 members (excludes halogenated alkanes) is 18. The van der Waals surface area contributed by atoms with Gasteiger partial charge >= 0.3 is 0 Å². The van der Waals surface area contributed by atoms with Crippen molar-refractivity contribution in [3.63, 3.8) is 0 Å². The number of hydrogen-bond acceptors (Lipinski definition) is 2. The zero-order chi connectivity index (χ0) is 27.6. The molecule has 2 rings (SSSR count). The van der Waals surface area contributed by atoms with Crippen LogP contribution in [0.5, 0.6) is 0 Å². The molecule has 218 valence electrons. The molecule has 0 aliphatic carbocycles. The largest absolute Gasteiger partial charge is 0.205 e. The molecule has 0 nitrogen and oxygen atoms in total. The third kappa shape index (κ3) is 11.8. The van der Waals surface area contributed by atoms with Gasteiger partial charge in [-0.1, -0.05) is 129 Å². The van der Waals surface area contributed by atoms with Gasteiger partial charge in [-0.3, -0.25) is 0 Å². The molecule has 0 bridgehead atoms. The summed E-state index contributed by atoms with van der Waals surface area (Å²) in [5.74, 6) is -0.0884. The van der Waals surface area contributed by atoms with Crippen molar-refractivity contribution in [2.24, 2.45) is 0 Å². The Kier molecular flexibility index (Phi) is 17.8. The molecule has 2 aromatic heterocycles. The maximum atomic E-state index is 15.2. The molecular weight excluding hydrogens is 511 g/mol. The highest BCUT2D eigenvalue weighted by molar-refractivity contribution is 7.22. The lowest BCUT2D eigenvalue weighted by Crippen LogP contribution is -1.94. The Labute approximate surface area is 242 Å². The maximum absolute atomic E-state index is 15.2. The topological polar surface area (TPSA) is 0 Å². The Morgan fingerprint density at radius 3 is 0.974 bits per heavy atom. The van der Waals surface area contributed by atoms with Crippen LogP contribution in [-0.2, 0) is 12.8 Å². The second kappa shape index (κ2) is 20.2. The summed E-state index contributed by atoms with van der Waals surface area (Å²) in [4.78, 5) is 3.52. The number of aryl methyl sites for hydroxylation is 2. The van der Waals surface area contributed by atoms with E-state index in [9.17, 15) is 0 Å². The summed E-state index contributed by atoms with van der Waals surface area (Å²) in [6, 6.07) is 0. The average molecular weight is 567 g/mol. The van der Waals surface area contributed by atoms with Crippen LogP contribution in [0.3, 0.4) is 0 Å². The molecule has 0 spiro atoms. The Morgan fingerprint density at radius 1 is 0.421 bits per heavy atom. The molecule has 2 aromatic rings. The maximum Gasteiger partial charge on any atom is 0.140 e. The van der Waals surface area contributed by atoms with Gasteiger partial charge < -0.3 is 0 Å². The van der Waals surface area contributed by atoms with Crippen LogP contribution >= 0.6 is 22.7 Å². The summed E-state index contributed by atoms with van der Waals surface area (Å²) in [5, 5.41) is 0. The fraction of sp³-hybridized carbons (Fsp3) is 0.765. The third-order valence-electron chi connectivity index (χ3n) is 7.97. The van der Waals surface area contributed by atoms with Crippen LogP contribution in [0.15, 0.2) is 0 Å². The van der Waals surface area contributed by atoms with Crippen molar-refractivity contribution in [2.45, 2.75) is 169 Å². The molecule has 0 saturated carbocycles. The van der Waals surface area contributed by atoms with E-state index < -0.39 is 0 Å². The number of hydrogen-bond donors (Lipinski definition) is 0. The fourth-order valence-corrected chi connectivity index (χ4v) is 7.88. The molecule has 0 N–H and O–H groups in total. The predicted molar refractivity (Wildman–Crippen MR) is 168 cm³/mol. The van der Waals surface area contributed by atoms with E-state index in [2.05, 4.69) is 13.8 Å². The van der Waals surface area contributed by atoms with Crippen LogP contribution < -0.4 is 0 Å². The highest BCUT2D eigenvalue weighted by atomic mass is 32.1. The predicted octanol–water partition coefficient (Wildman–Crippen LogP) is 13.3. The second-order valence-corrected chi connectivity index (χ2v) is 13.9. The van der Waals surface area contributed by atoms with E-state index in [0.717, 1.165) is 69.2 Å². The van der Waals surface area contributed by atoms with Crippen molar-refractivity contribution in [1.29, 1.82) is 0 Å². The van der Waals surface area contributed by atoms with Gasteiger partial charge in [0.05, 0.1) is 9.75 Å². The summed E-state index contributed by atoms with van der Waals surface area (Å²) in [6.45, 7) is 8.28. The number of thiophene rings is 2. The highest BCUT2D eigenvalue weighted by Gasteiger charge is 2.24. The summed E-state index contributed by atoms with van der Waals surface area (Å²) < 4.78 is 30.3. The molecule has 0 saturated heterocycles. The standard InChI is InChI=1S/C34H56F2S2/c1-5-7-9-11-13-15-17-19-21-23-25-29-31(35)27(3)37-33(29)34-30(32(36)28(4)38-34)26-24-22-20-18-16-14-12-10-8-6-2/h5-26H2,1-4H3. The van der Waals surface area contributed by atoms with Gasteiger partial charge in [0.2, 0.25) is 0 Å². The van der Waals surface area contributed by atoms with Crippen LogP contribution in [0.1, 0.15) is 163 Å². The normalized spacial score (nSPS) is 11.6. The van der Waals surface area contributed by atoms with Crippen LogP contribution in [-0.4, -0.2) is 0 Å². The van der Waals surface area contributed by atoms with E-state index in [-0.39, 0.29) is 11.6 Å². The third-order valence-corrected chi connectivity index (χ3v) is 10.4. The lowest BCUT2D eigenvalue weighted by molar-refractivity contribution is 0.550. The molecular formula is C34H56F2S2. The highest BCUT2D eigenvalue weighted by Crippen LogP contribution is 2.44. The lowest BCUT2D eigenvalue weighted by atomic mass is 10.0. The van der Waals surface area contributed by atoms with E-state index in [4.69, 9.17) is 0 Å². The van der Waals surface area contributed by atoms with Gasteiger partial charge in [-0.15, -0.1) is 22.7 Å². The Balaban J connectivity index is 1.83. The minimum atomic E-state index is -0.0442. The quantitative estimate of drug-likeness (QED) is 0.117. The molecule has 0 aromatic carbocycles. The van der Waals surface area contributed by atoms with Crippen molar-refractivity contribution in [2.75, 3.05) is 0 Å². The molecule has 0 amide bonds. The zero-order valence-corrected chi connectivity index (χ0v) is 26.8. The monoisotopic (exact) mass is 566 g/mol. The van der Waals surface area contributed by atoms with Gasteiger partial charge in [0.25, 0.3) is 0 Å². The first-order valence-electron chi connectivity index (χ1n) is 16.1. The smallest absolute Gasteiger partial charge is 0.140 e. The summed E-state index contributed by atoms with van der Waals surface area (Å²) in [6.07, 6.45) is 27.2. The van der Waals surface area contributed by atoms with E-state index in [1.807, 2.05) is 13.8 Å². The summed E-state index contributed by atoms with van der Waals surface area (Å²) in [7, 11) is 0. The first-order valence-corrected chi connectivity index (χ1v) is 17.7. The average Bonchev–Trinajstić information content (AvgIpc) is 3.35.